The zero-order chi connectivity index (χ0) is 24.9. The van der Waals surface area contributed by atoms with E-state index in [1.54, 1.807) is 0 Å². The van der Waals surface area contributed by atoms with Gasteiger partial charge in [0.2, 0.25) is 0 Å². The van der Waals surface area contributed by atoms with E-state index in [2.05, 4.69) is 89.7 Å². The molecule has 1 N–H and O–H groups in total. The summed E-state index contributed by atoms with van der Waals surface area (Å²) in [5.74, 6) is 0.588. The number of piperazine rings is 1. The molecule has 3 heteroatoms. The molecule has 3 aliphatic rings. The first-order valence-electron chi connectivity index (χ1n) is 13.5. The SMILES string of the molecule is CN1CCN(c2ccccc2CC2C=Cc3ccc4c(c3C2)CC(C(C)(C)O)c2ccccc2-4)CC1. The molecule has 1 heterocycles. The van der Waals surface area contributed by atoms with Crippen molar-refractivity contribution in [2.45, 2.75) is 44.6 Å². The van der Waals surface area contributed by atoms with Crippen molar-refractivity contribution < 1.29 is 5.11 Å². The number of aliphatic hydroxyl groups is 1. The maximum absolute atomic E-state index is 11.1. The van der Waals surface area contributed by atoms with Crippen LogP contribution in [0.4, 0.5) is 5.69 Å². The summed E-state index contributed by atoms with van der Waals surface area (Å²) in [5.41, 5.74) is 10.3. The molecule has 1 saturated heterocycles. The molecule has 36 heavy (non-hydrogen) atoms. The molecule has 186 valence electrons. The van der Waals surface area contributed by atoms with Gasteiger partial charge < -0.3 is 14.9 Å². The summed E-state index contributed by atoms with van der Waals surface area (Å²) < 4.78 is 0. The molecule has 2 aliphatic carbocycles. The maximum atomic E-state index is 11.1. The van der Waals surface area contributed by atoms with E-state index in [4.69, 9.17) is 0 Å². The maximum Gasteiger partial charge on any atom is 0.0663 e. The summed E-state index contributed by atoms with van der Waals surface area (Å²) in [6.07, 6.45) is 7.81. The van der Waals surface area contributed by atoms with Crippen LogP contribution in [0.15, 0.2) is 66.7 Å². The minimum atomic E-state index is -0.762. The van der Waals surface area contributed by atoms with Gasteiger partial charge in [-0.2, -0.15) is 0 Å². The van der Waals surface area contributed by atoms with Crippen LogP contribution >= 0.6 is 0 Å². The van der Waals surface area contributed by atoms with E-state index in [0.717, 1.165) is 45.4 Å². The molecular formula is C33H38N2O. The van der Waals surface area contributed by atoms with Gasteiger partial charge in [-0.05, 0) is 91.1 Å². The Morgan fingerprint density at radius 3 is 2.39 bits per heavy atom. The molecular weight excluding hydrogens is 440 g/mol. The fourth-order valence-electron chi connectivity index (χ4n) is 6.62. The van der Waals surface area contributed by atoms with Crippen LogP contribution in [0.25, 0.3) is 17.2 Å². The summed E-state index contributed by atoms with van der Waals surface area (Å²) in [4.78, 5) is 4.99. The van der Waals surface area contributed by atoms with Crippen LogP contribution in [0, 0.1) is 5.92 Å². The fraction of sp³-hybridized carbons (Fsp3) is 0.394. The number of nitrogens with zero attached hydrogens (tertiary/aromatic N) is 2. The van der Waals surface area contributed by atoms with Gasteiger partial charge in [-0.15, -0.1) is 0 Å². The third-order valence-corrected chi connectivity index (χ3v) is 8.69. The Labute approximate surface area is 216 Å². The van der Waals surface area contributed by atoms with E-state index in [-0.39, 0.29) is 5.92 Å². The summed E-state index contributed by atoms with van der Waals surface area (Å²) >= 11 is 0. The van der Waals surface area contributed by atoms with Crippen molar-refractivity contribution in [3.05, 3.63) is 94.6 Å². The van der Waals surface area contributed by atoms with Crippen LogP contribution in [0.5, 0.6) is 0 Å². The monoisotopic (exact) mass is 478 g/mol. The van der Waals surface area contributed by atoms with Crippen molar-refractivity contribution in [2.75, 3.05) is 38.1 Å². The van der Waals surface area contributed by atoms with Gasteiger partial charge in [0.15, 0.2) is 0 Å². The zero-order valence-electron chi connectivity index (χ0n) is 21.9. The number of hydrogen-bond donors (Lipinski definition) is 1. The second kappa shape index (κ2) is 9.21. The number of allylic oxidation sites excluding steroid dienone is 1. The number of para-hydroxylation sites is 1. The lowest BCUT2D eigenvalue weighted by atomic mass is 9.69. The summed E-state index contributed by atoms with van der Waals surface area (Å²) in [5, 5.41) is 11.1. The number of fused-ring (bicyclic) bond motifs is 5. The zero-order valence-corrected chi connectivity index (χ0v) is 21.9. The van der Waals surface area contributed by atoms with Gasteiger partial charge in [0.1, 0.15) is 0 Å². The Morgan fingerprint density at radius 2 is 1.58 bits per heavy atom. The van der Waals surface area contributed by atoms with E-state index in [9.17, 15) is 5.11 Å². The summed E-state index contributed by atoms with van der Waals surface area (Å²) in [6, 6.07) is 22.3. The van der Waals surface area contributed by atoms with Gasteiger partial charge in [0, 0.05) is 37.8 Å². The van der Waals surface area contributed by atoms with Gasteiger partial charge in [0.25, 0.3) is 0 Å². The van der Waals surface area contributed by atoms with E-state index in [0.29, 0.717) is 5.92 Å². The number of likely N-dealkylation sites (N-methyl/N-ethyl adjacent to an activating group) is 1. The van der Waals surface area contributed by atoms with Gasteiger partial charge in [-0.1, -0.05) is 66.7 Å². The van der Waals surface area contributed by atoms with Crippen molar-refractivity contribution in [3.8, 4) is 11.1 Å². The highest BCUT2D eigenvalue weighted by Crippen LogP contribution is 2.47. The van der Waals surface area contributed by atoms with Gasteiger partial charge in [-0.3, -0.25) is 0 Å². The largest absolute Gasteiger partial charge is 0.390 e. The Bertz CT molecular complexity index is 1290. The van der Waals surface area contributed by atoms with E-state index in [1.807, 2.05) is 13.8 Å². The van der Waals surface area contributed by atoms with E-state index >= 15 is 0 Å². The Morgan fingerprint density at radius 1 is 0.833 bits per heavy atom. The normalized spacial score (nSPS) is 21.6. The standard InChI is InChI=1S/C33H38N2O/c1-33(2,36)31-22-30-27(26-9-5-6-10-28(26)31)15-14-24-13-12-23(21-29(24)30)20-25-8-4-7-11-32(25)35-18-16-34(3)17-19-35/h4-15,23,31,36H,16-22H2,1-3H3. The Balaban J connectivity index is 1.32. The van der Waals surface area contributed by atoms with Crippen LogP contribution in [0.1, 0.15) is 47.6 Å². The first-order valence-corrected chi connectivity index (χ1v) is 13.5. The summed E-state index contributed by atoms with van der Waals surface area (Å²) in [7, 11) is 2.22. The molecule has 3 aromatic rings. The molecule has 6 rings (SSSR count). The molecule has 1 aliphatic heterocycles. The molecule has 1 fully saturated rings. The third kappa shape index (κ3) is 4.29. The smallest absolute Gasteiger partial charge is 0.0663 e. The quantitative estimate of drug-likeness (QED) is 0.502. The Kier molecular flexibility index (Phi) is 6.02. The second-order valence-corrected chi connectivity index (χ2v) is 11.6. The molecule has 2 atom stereocenters. The van der Waals surface area contributed by atoms with Crippen molar-refractivity contribution in [2.24, 2.45) is 5.92 Å². The van der Waals surface area contributed by atoms with E-state index in [1.165, 1.54) is 44.6 Å². The molecule has 3 aromatic carbocycles. The average Bonchev–Trinajstić information content (AvgIpc) is 2.88. The van der Waals surface area contributed by atoms with Gasteiger partial charge >= 0.3 is 0 Å². The van der Waals surface area contributed by atoms with Crippen LogP contribution < -0.4 is 4.90 Å². The van der Waals surface area contributed by atoms with Crippen molar-refractivity contribution >= 4 is 11.8 Å². The molecule has 0 bridgehead atoms. The Hall–Kier alpha value is -2.88. The van der Waals surface area contributed by atoms with Crippen LogP contribution in [-0.2, 0) is 19.3 Å². The molecule has 0 aromatic heterocycles. The van der Waals surface area contributed by atoms with Gasteiger partial charge in [0.05, 0.1) is 5.60 Å². The molecule has 0 spiro atoms. The highest BCUT2D eigenvalue weighted by atomic mass is 16.3. The minimum absolute atomic E-state index is 0.106. The topological polar surface area (TPSA) is 26.7 Å². The number of hydrogen-bond acceptors (Lipinski definition) is 3. The van der Waals surface area contributed by atoms with Crippen molar-refractivity contribution in [1.29, 1.82) is 0 Å². The van der Waals surface area contributed by atoms with Crippen LogP contribution in [0.3, 0.4) is 0 Å². The highest BCUT2D eigenvalue weighted by molar-refractivity contribution is 5.78. The molecule has 0 radical (unpaired) electrons. The highest BCUT2D eigenvalue weighted by Gasteiger charge is 2.36. The van der Waals surface area contributed by atoms with E-state index < -0.39 is 5.60 Å². The minimum Gasteiger partial charge on any atom is -0.390 e. The lowest BCUT2D eigenvalue weighted by Gasteiger charge is -2.38. The van der Waals surface area contributed by atoms with Crippen LogP contribution in [0.2, 0.25) is 0 Å². The summed E-state index contributed by atoms with van der Waals surface area (Å²) in [6.45, 7) is 8.38. The first kappa shape index (κ1) is 23.5. The lowest BCUT2D eigenvalue weighted by Crippen LogP contribution is -2.44. The second-order valence-electron chi connectivity index (χ2n) is 11.6. The fourth-order valence-corrected chi connectivity index (χ4v) is 6.62. The molecule has 3 nitrogen and oxygen atoms in total. The number of rotatable bonds is 4. The van der Waals surface area contributed by atoms with Gasteiger partial charge in [-0.25, -0.2) is 0 Å². The van der Waals surface area contributed by atoms with Crippen molar-refractivity contribution in [1.82, 2.24) is 4.90 Å². The third-order valence-electron chi connectivity index (χ3n) is 8.69. The van der Waals surface area contributed by atoms with Crippen molar-refractivity contribution in [3.63, 3.8) is 0 Å². The molecule has 2 unspecified atom stereocenters. The predicted molar refractivity (Wildman–Crippen MR) is 151 cm³/mol. The molecule has 0 amide bonds. The first-order chi connectivity index (χ1) is 17.4. The van der Waals surface area contributed by atoms with Crippen LogP contribution in [-0.4, -0.2) is 48.8 Å². The molecule has 0 saturated carbocycles. The number of anilines is 1. The predicted octanol–water partition coefficient (Wildman–Crippen LogP) is 5.94. The number of benzene rings is 3. The lowest BCUT2D eigenvalue weighted by molar-refractivity contribution is 0.0492. The average molecular weight is 479 g/mol.